The third kappa shape index (κ3) is 5.48. The van der Waals surface area contributed by atoms with Crippen LogP contribution in [0.2, 0.25) is 0 Å². The van der Waals surface area contributed by atoms with Gasteiger partial charge >= 0.3 is 12.1 Å². The number of alkyl carbamates (subject to hydrolysis) is 1. The van der Waals surface area contributed by atoms with Gasteiger partial charge in [-0.15, -0.1) is 12.3 Å². The van der Waals surface area contributed by atoms with Crippen molar-refractivity contribution >= 4 is 18.0 Å². The Kier molecular flexibility index (Phi) is 7.40. The molecule has 182 valence electrons. The fraction of sp³-hybridized carbons (Fsp3) is 0.393. The highest BCUT2D eigenvalue weighted by molar-refractivity contribution is 5.87. The molecule has 0 aliphatic heterocycles. The van der Waals surface area contributed by atoms with Crippen LogP contribution in [0.5, 0.6) is 0 Å². The third-order valence-corrected chi connectivity index (χ3v) is 6.96. The van der Waals surface area contributed by atoms with Crippen LogP contribution >= 0.6 is 0 Å². The summed E-state index contributed by atoms with van der Waals surface area (Å²) in [6, 6.07) is 15.1. The van der Waals surface area contributed by atoms with Crippen LogP contribution in [-0.2, 0) is 14.3 Å². The summed E-state index contributed by atoms with van der Waals surface area (Å²) in [6.45, 7) is 0.118. The van der Waals surface area contributed by atoms with E-state index >= 15 is 0 Å². The van der Waals surface area contributed by atoms with Gasteiger partial charge in [0.05, 0.1) is 12.0 Å². The average molecular weight is 475 g/mol. The van der Waals surface area contributed by atoms with E-state index < -0.39 is 29.6 Å². The number of nitrogens with one attached hydrogen (secondary N) is 2. The molecule has 2 amide bonds. The van der Waals surface area contributed by atoms with Gasteiger partial charge in [-0.05, 0) is 35.1 Å². The number of carboxylic acid groups (broad SMARTS) is 1. The predicted molar refractivity (Wildman–Crippen MR) is 132 cm³/mol. The Hall–Kier alpha value is -3.79. The highest BCUT2D eigenvalue weighted by atomic mass is 16.5. The molecular formula is C28H30N2O5. The van der Waals surface area contributed by atoms with Crippen LogP contribution in [0.25, 0.3) is 11.1 Å². The molecule has 2 aliphatic rings. The van der Waals surface area contributed by atoms with Crippen LogP contribution in [0.4, 0.5) is 4.79 Å². The number of hydrogen-bond acceptors (Lipinski definition) is 4. The van der Waals surface area contributed by atoms with Crippen molar-refractivity contribution in [3.63, 3.8) is 0 Å². The van der Waals surface area contributed by atoms with Crippen LogP contribution in [0.3, 0.4) is 0 Å². The van der Waals surface area contributed by atoms with Gasteiger partial charge in [0.25, 0.3) is 0 Å². The molecule has 0 heterocycles. The number of amides is 2. The maximum atomic E-state index is 13.0. The summed E-state index contributed by atoms with van der Waals surface area (Å²) in [4.78, 5) is 37.2. The van der Waals surface area contributed by atoms with E-state index in [1.54, 1.807) is 0 Å². The first kappa shape index (κ1) is 24.3. The Morgan fingerprint density at radius 3 is 2.20 bits per heavy atom. The summed E-state index contributed by atoms with van der Waals surface area (Å²) in [5.41, 5.74) is 3.60. The molecule has 1 saturated carbocycles. The van der Waals surface area contributed by atoms with Crippen molar-refractivity contribution in [1.82, 2.24) is 10.6 Å². The standard InChI is InChI=1S/C28H30N2O5/c1-2-10-24(26(33)30-28(17-25(31)32)15-8-3-9-16-28)29-27(34)35-18-23-21-13-6-4-11-19(21)20-12-5-7-14-22(20)23/h1,4-7,11-14,23-24H,3,8-10,15-18H2,(H,29,34)(H,30,33)(H,31,32). The molecule has 7 nitrogen and oxygen atoms in total. The minimum Gasteiger partial charge on any atom is -0.481 e. The zero-order valence-corrected chi connectivity index (χ0v) is 19.6. The summed E-state index contributed by atoms with van der Waals surface area (Å²) in [5, 5.41) is 14.8. The number of terminal acetylenes is 1. The second kappa shape index (κ2) is 10.6. The van der Waals surface area contributed by atoms with Crippen molar-refractivity contribution in [2.75, 3.05) is 6.61 Å². The van der Waals surface area contributed by atoms with E-state index in [1.807, 2.05) is 36.4 Å². The van der Waals surface area contributed by atoms with Gasteiger partial charge in [-0.2, -0.15) is 0 Å². The van der Waals surface area contributed by atoms with Crippen LogP contribution in [-0.4, -0.2) is 41.3 Å². The van der Waals surface area contributed by atoms with Crippen molar-refractivity contribution in [3.8, 4) is 23.5 Å². The van der Waals surface area contributed by atoms with Gasteiger partial charge in [-0.25, -0.2) is 4.79 Å². The minimum atomic E-state index is -1.01. The van der Waals surface area contributed by atoms with Gasteiger partial charge in [0.15, 0.2) is 0 Å². The molecule has 4 rings (SSSR count). The molecule has 35 heavy (non-hydrogen) atoms. The first-order chi connectivity index (χ1) is 16.9. The predicted octanol–water partition coefficient (Wildman–Crippen LogP) is 4.21. The average Bonchev–Trinajstić information content (AvgIpc) is 3.16. The van der Waals surface area contributed by atoms with Crippen molar-refractivity contribution in [1.29, 1.82) is 0 Å². The van der Waals surface area contributed by atoms with Gasteiger partial charge in [0, 0.05) is 12.3 Å². The van der Waals surface area contributed by atoms with Gasteiger partial charge < -0.3 is 20.5 Å². The first-order valence-corrected chi connectivity index (χ1v) is 12.0. The second-order valence-corrected chi connectivity index (χ2v) is 9.33. The summed E-state index contributed by atoms with van der Waals surface area (Å²) >= 11 is 0. The topological polar surface area (TPSA) is 105 Å². The SMILES string of the molecule is C#CCC(NC(=O)OCC1c2ccccc2-c2ccccc21)C(=O)NC1(CC(=O)O)CCCCC1. The zero-order chi connectivity index (χ0) is 24.8. The van der Waals surface area contributed by atoms with Crippen LogP contribution < -0.4 is 10.6 Å². The van der Waals surface area contributed by atoms with Crippen molar-refractivity contribution in [2.45, 2.75) is 62.4 Å². The number of rotatable bonds is 8. The monoisotopic (exact) mass is 474 g/mol. The van der Waals surface area contributed by atoms with Crippen molar-refractivity contribution in [3.05, 3.63) is 59.7 Å². The van der Waals surface area contributed by atoms with E-state index in [-0.39, 0.29) is 25.4 Å². The van der Waals surface area contributed by atoms with E-state index in [4.69, 9.17) is 11.2 Å². The Labute approximate surface area is 205 Å². The molecule has 0 saturated heterocycles. The Morgan fingerprint density at radius 1 is 1.03 bits per heavy atom. The highest BCUT2D eigenvalue weighted by Crippen LogP contribution is 2.44. The summed E-state index contributed by atoms with van der Waals surface area (Å²) in [7, 11) is 0. The van der Waals surface area contributed by atoms with Crippen LogP contribution in [0, 0.1) is 12.3 Å². The lowest BCUT2D eigenvalue weighted by molar-refractivity contribution is -0.139. The van der Waals surface area contributed by atoms with Crippen LogP contribution in [0.1, 0.15) is 62.0 Å². The van der Waals surface area contributed by atoms with Gasteiger partial charge in [-0.3, -0.25) is 9.59 Å². The first-order valence-electron chi connectivity index (χ1n) is 12.0. The lowest BCUT2D eigenvalue weighted by Gasteiger charge is -2.38. The second-order valence-electron chi connectivity index (χ2n) is 9.33. The molecule has 0 bridgehead atoms. The molecule has 2 aliphatic carbocycles. The number of fused-ring (bicyclic) bond motifs is 3. The van der Waals surface area contributed by atoms with Crippen molar-refractivity contribution in [2.24, 2.45) is 0 Å². The Morgan fingerprint density at radius 2 is 1.63 bits per heavy atom. The molecule has 2 aromatic carbocycles. The summed E-state index contributed by atoms with van der Waals surface area (Å²) in [5.74, 6) is 0.864. The lowest BCUT2D eigenvalue weighted by Crippen LogP contribution is -2.57. The maximum Gasteiger partial charge on any atom is 0.407 e. The molecule has 1 fully saturated rings. The zero-order valence-electron chi connectivity index (χ0n) is 19.6. The molecule has 1 unspecified atom stereocenters. The minimum absolute atomic E-state index is 0.0286. The summed E-state index contributed by atoms with van der Waals surface area (Å²) in [6.07, 6.45) is 8.37. The Bertz CT molecular complexity index is 1100. The Balaban J connectivity index is 1.41. The third-order valence-electron chi connectivity index (χ3n) is 6.96. The smallest absolute Gasteiger partial charge is 0.407 e. The fourth-order valence-corrected chi connectivity index (χ4v) is 5.32. The number of benzene rings is 2. The fourth-order valence-electron chi connectivity index (χ4n) is 5.32. The van der Waals surface area contributed by atoms with Crippen LogP contribution in [0.15, 0.2) is 48.5 Å². The highest BCUT2D eigenvalue weighted by Gasteiger charge is 2.38. The van der Waals surface area contributed by atoms with E-state index in [2.05, 4.69) is 28.7 Å². The largest absolute Gasteiger partial charge is 0.481 e. The summed E-state index contributed by atoms with van der Waals surface area (Å²) < 4.78 is 5.55. The molecule has 7 heteroatoms. The van der Waals surface area contributed by atoms with E-state index in [1.165, 1.54) is 0 Å². The molecular weight excluding hydrogens is 444 g/mol. The van der Waals surface area contributed by atoms with E-state index in [9.17, 15) is 19.5 Å². The lowest BCUT2D eigenvalue weighted by atomic mass is 9.79. The molecule has 0 spiro atoms. The quantitative estimate of drug-likeness (QED) is 0.497. The number of hydrogen-bond donors (Lipinski definition) is 3. The number of carbonyl (C=O) groups excluding carboxylic acids is 2. The maximum absolute atomic E-state index is 13.0. The normalized spacial score (nSPS) is 16.8. The van der Waals surface area contributed by atoms with Crippen molar-refractivity contribution < 1.29 is 24.2 Å². The van der Waals surface area contributed by atoms with E-state index in [0.717, 1.165) is 41.5 Å². The number of aliphatic carboxylic acids is 1. The van der Waals surface area contributed by atoms with E-state index in [0.29, 0.717) is 12.8 Å². The molecule has 0 aromatic heterocycles. The number of carboxylic acids is 1. The molecule has 3 N–H and O–H groups in total. The van der Waals surface area contributed by atoms with Gasteiger partial charge in [0.2, 0.25) is 5.91 Å². The molecule has 0 radical (unpaired) electrons. The van der Waals surface area contributed by atoms with Gasteiger partial charge in [0.1, 0.15) is 12.6 Å². The molecule has 2 aromatic rings. The molecule has 1 atom stereocenters. The number of carbonyl (C=O) groups is 3. The van der Waals surface area contributed by atoms with Gasteiger partial charge in [-0.1, -0.05) is 67.8 Å². The number of ether oxygens (including phenoxy) is 1.